The molecule has 3 rings (SSSR count). The van der Waals surface area contributed by atoms with Gasteiger partial charge in [0, 0.05) is 35.4 Å². The Bertz CT molecular complexity index is 740. The fourth-order valence-corrected chi connectivity index (χ4v) is 2.89. The molecule has 1 aromatic carbocycles. The minimum absolute atomic E-state index is 0.450. The molecule has 2 heterocycles. The number of nitrogens with zero attached hydrogens (tertiary/aromatic N) is 3. The molecule has 0 fully saturated rings. The van der Waals surface area contributed by atoms with Crippen molar-refractivity contribution in [2.24, 2.45) is 5.73 Å². The molecule has 0 spiro atoms. The van der Waals surface area contributed by atoms with E-state index >= 15 is 0 Å². The van der Waals surface area contributed by atoms with Crippen molar-refractivity contribution >= 4 is 22.7 Å². The van der Waals surface area contributed by atoms with Crippen LogP contribution in [0.5, 0.6) is 0 Å². The molecule has 0 bridgehead atoms. The first-order valence-electron chi connectivity index (χ1n) is 6.31. The molecule has 4 nitrogen and oxygen atoms in total. The van der Waals surface area contributed by atoms with Crippen molar-refractivity contribution in [1.29, 1.82) is 0 Å². The van der Waals surface area contributed by atoms with Crippen LogP contribution in [0.15, 0.2) is 52.9 Å². The second kappa shape index (κ2) is 5.56. The summed E-state index contributed by atoms with van der Waals surface area (Å²) in [6, 6.07) is 8.03. The maximum absolute atomic E-state index is 5.83. The van der Waals surface area contributed by atoms with Crippen LogP contribution in [0.4, 0.5) is 0 Å². The van der Waals surface area contributed by atoms with E-state index < -0.39 is 0 Å². The number of fused-ring (bicyclic) bond motifs is 1. The molecule has 0 aliphatic carbocycles. The second-order valence-electron chi connectivity index (χ2n) is 4.48. The van der Waals surface area contributed by atoms with Crippen LogP contribution in [0.2, 0.25) is 0 Å². The van der Waals surface area contributed by atoms with Crippen molar-refractivity contribution in [1.82, 2.24) is 15.0 Å². The number of pyridine rings is 1. The van der Waals surface area contributed by atoms with Gasteiger partial charge in [0.1, 0.15) is 0 Å². The number of hydrogen-bond donors (Lipinski definition) is 1. The monoisotopic (exact) mass is 282 g/mol. The van der Waals surface area contributed by atoms with E-state index in [4.69, 9.17) is 5.73 Å². The summed E-state index contributed by atoms with van der Waals surface area (Å²) in [5.41, 5.74) is 8.84. The normalized spacial score (nSPS) is 10.9. The lowest BCUT2D eigenvalue weighted by molar-refractivity contribution is 0.945. The maximum Gasteiger partial charge on any atom is 0.192 e. The minimum atomic E-state index is 0.450. The molecule has 0 unspecified atom stereocenters. The molecule has 0 amide bonds. The van der Waals surface area contributed by atoms with Gasteiger partial charge in [-0.15, -0.1) is 0 Å². The first kappa shape index (κ1) is 13.0. The Hall–Kier alpha value is -1.98. The molecule has 0 aliphatic heterocycles. The lowest BCUT2D eigenvalue weighted by atomic mass is 10.1. The molecule has 3 aromatic rings. The van der Waals surface area contributed by atoms with E-state index in [1.54, 1.807) is 0 Å². The number of para-hydroxylation sites is 1. The number of rotatable bonds is 3. The molecule has 0 saturated carbocycles. The third-order valence-corrected chi connectivity index (χ3v) is 4.05. The van der Waals surface area contributed by atoms with Crippen molar-refractivity contribution in [3.8, 4) is 0 Å². The summed E-state index contributed by atoms with van der Waals surface area (Å²) in [4.78, 5) is 14.2. The number of aromatic nitrogens is 3. The zero-order chi connectivity index (χ0) is 13.9. The SMILES string of the molecule is Cc1cnc(Sc2c(CN)cnc3ccccc23)nc1. The van der Waals surface area contributed by atoms with Crippen LogP contribution in [0.25, 0.3) is 10.9 Å². The van der Waals surface area contributed by atoms with Crippen LogP contribution < -0.4 is 5.73 Å². The predicted molar refractivity (Wildman–Crippen MR) is 80.5 cm³/mol. The van der Waals surface area contributed by atoms with Gasteiger partial charge in [0.15, 0.2) is 5.16 Å². The Kier molecular flexibility index (Phi) is 3.62. The smallest absolute Gasteiger partial charge is 0.192 e. The van der Waals surface area contributed by atoms with Crippen molar-refractivity contribution in [2.45, 2.75) is 23.5 Å². The Balaban J connectivity index is 2.11. The zero-order valence-corrected chi connectivity index (χ0v) is 11.9. The average Bonchev–Trinajstić information content (AvgIpc) is 2.50. The van der Waals surface area contributed by atoms with E-state index in [0.717, 1.165) is 32.1 Å². The third-order valence-electron chi connectivity index (χ3n) is 2.97. The van der Waals surface area contributed by atoms with Crippen LogP contribution >= 0.6 is 11.8 Å². The molecule has 0 aliphatic rings. The van der Waals surface area contributed by atoms with Gasteiger partial charge < -0.3 is 5.73 Å². The van der Waals surface area contributed by atoms with E-state index in [0.29, 0.717) is 6.54 Å². The minimum Gasteiger partial charge on any atom is -0.326 e. The predicted octanol–water partition coefficient (Wildman–Crippen LogP) is 2.94. The van der Waals surface area contributed by atoms with E-state index in [9.17, 15) is 0 Å². The van der Waals surface area contributed by atoms with Crippen molar-refractivity contribution in [2.75, 3.05) is 0 Å². The fourth-order valence-electron chi connectivity index (χ4n) is 1.95. The summed E-state index contributed by atoms with van der Waals surface area (Å²) >= 11 is 1.53. The molecule has 100 valence electrons. The quantitative estimate of drug-likeness (QED) is 0.748. The lowest BCUT2D eigenvalue weighted by Crippen LogP contribution is -2.00. The van der Waals surface area contributed by atoms with Crippen LogP contribution in [-0.2, 0) is 6.54 Å². The Labute approximate surface area is 121 Å². The van der Waals surface area contributed by atoms with Gasteiger partial charge in [-0.1, -0.05) is 18.2 Å². The van der Waals surface area contributed by atoms with Crippen molar-refractivity contribution in [3.05, 3.63) is 54.0 Å². The Morgan fingerprint density at radius 1 is 1.05 bits per heavy atom. The van der Waals surface area contributed by atoms with E-state index in [1.165, 1.54) is 11.8 Å². The highest BCUT2D eigenvalue weighted by molar-refractivity contribution is 7.99. The average molecular weight is 282 g/mol. The zero-order valence-electron chi connectivity index (χ0n) is 11.1. The summed E-state index contributed by atoms with van der Waals surface area (Å²) < 4.78 is 0. The topological polar surface area (TPSA) is 64.7 Å². The van der Waals surface area contributed by atoms with Gasteiger partial charge in [0.05, 0.1) is 5.52 Å². The van der Waals surface area contributed by atoms with Crippen molar-refractivity contribution in [3.63, 3.8) is 0 Å². The van der Waals surface area contributed by atoms with Gasteiger partial charge >= 0.3 is 0 Å². The van der Waals surface area contributed by atoms with E-state index in [-0.39, 0.29) is 0 Å². The van der Waals surface area contributed by atoms with Gasteiger partial charge in [-0.2, -0.15) is 0 Å². The van der Waals surface area contributed by atoms with E-state index in [2.05, 4.69) is 21.0 Å². The molecule has 0 radical (unpaired) electrons. The van der Waals surface area contributed by atoms with E-state index in [1.807, 2.05) is 43.7 Å². The van der Waals surface area contributed by atoms with Gasteiger partial charge in [0.2, 0.25) is 0 Å². The van der Waals surface area contributed by atoms with Crippen LogP contribution in [0.1, 0.15) is 11.1 Å². The highest BCUT2D eigenvalue weighted by Crippen LogP contribution is 2.33. The van der Waals surface area contributed by atoms with Crippen LogP contribution in [-0.4, -0.2) is 15.0 Å². The number of aryl methyl sites for hydroxylation is 1. The molecule has 2 aromatic heterocycles. The highest BCUT2D eigenvalue weighted by Gasteiger charge is 2.10. The fraction of sp³-hybridized carbons (Fsp3) is 0.133. The number of benzene rings is 1. The first-order valence-corrected chi connectivity index (χ1v) is 7.13. The van der Waals surface area contributed by atoms with Gasteiger partial charge in [-0.25, -0.2) is 9.97 Å². The number of hydrogen-bond acceptors (Lipinski definition) is 5. The Morgan fingerprint density at radius 2 is 1.80 bits per heavy atom. The second-order valence-corrected chi connectivity index (χ2v) is 5.46. The van der Waals surface area contributed by atoms with Gasteiger partial charge in [-0.05, 0) is 35.9 Å². The lowest BCUT2D eigenvalue weighted by Gasteiger charge is -2.09. The van der Waals surface area contributed by atoms with Crippen LogP contribution in [0, 0.1) is 6.92 Å². The third kappa shape index (κ3) is 2.50. The molecule has 0 atom stereocenters. The molecule has 20 heavy (non-hydrogen) atoms. The molecular weight excluding hydrogens is 268 g/mol. The van der Waals surface area contributed by atoms with Crippen molar-refractivity contribution < 1.29 is 0 Å². The molecule has 2 N–H and O–H groups in total. The summed E-state index contributed by atoms with van der Waals surface area (Å²) in [6.45, 7) is 2.42. The number of nitrogens with two attached hydrogens (primary N) is 1. The maximum atomic E-state index is 5.83. The standard InChI is InChI=1S/C15H14N4S/c1-10-7-18-15(19-8-10)20-14-11(6-16)9-17-13-5-3-2-4-12(13)14/h2-5,7-9H,6,16H2,1H3. The summed E-state index contributed by atoms with van der Waals surface area (Å²) in [6.07, 6.45) is 5.47. The molecular formula is C15H14N4S. The molecule has 5 heteroatoms. The highest BCUT2D eigenvalue weighted by atomic mass is 32.2. The van der Waals surface area contributed by atoms with Gasteiger partial charge in [0.25, 0.3) is 0 Å². The largest absolute Gasteiger partial charge is 0.326 e. The molecule has 0 saturated heterocycles. The summed E-state index contributed by atoms with van der Waals surface area (Å²) in [5, 5.41) is 1.81. The van der Waals surface area contributed by atoms with Gasteiger partial charge in [-0.3, -0.25) is 4.98 Å². The summed E-state index contributed by atoms with van der Waals surface area (Å²) in [5.74, 6) is 0. The van der Waals surface area contributed by atoms with Crippen LogP contribution in [0.3, 0.4) is 0 Å². The summed E-state index contributed by atoms with van der Waals surface area (Å²) in [7, 11) is 0. The Morgan fingerprint density at radius 3 is 2.55 bits per heavy atom. The first-order chi connectivity index (χ1) is 9.78.